The highest BCUT2D eigenvalue weighted by atomic mass is 16.7. The Morgan fingerprint density at radius 2 is 1.97 bits per heavy atom. The molecule has 184 valence electrons. The molecule has 9 nitrogen and oxygen atoms in total. The van der Waals surface area contributed by atoms with Crippen molar-refractivity contribution < 1.29 is 19.3 Å². The summed E-state index contributed by atoms with van der Waals surface area (Å²) in [5.41, 5.74) is 1.67. The predicted octanol–water partition coefficient (Wildman–Crippen LogP) is 2.75. The Kier molecular flexibility index (Phi) is 6.02. The number of H-pyrrole nitrogens is 1. The maximum Gasteiger partial charge on any atom is 0.331 e. The number of likely N-dealkylation sites (N-methyl/N-ethyl adjacent to an activating group) is 1. The first kappa shape index (κ1) is 23.0. The summed E-state index contributed by atoms with van der Waals surface area (Å²) in [6, 6.07) is 10.9. The third kappa shape index (κ3) is 3.95. The minimum Gasteiger partial charge on any atom is -0.494 e. The van der Waals surface area contributed by atoms with Gasteiger partial charge in [0.15, 0.2) is 11.5 Å². The van der Waals surface area contributed by atoms with Gasteiger partial charge in [0.1, 0.15) is 0 Å². The average molecular weight is 480 g/mol. The van der Waals surface area contributed by atoms with E-state index in [1.165, 1.54) is 4.57 Å². The summed E-state index contributed by atoms with van der Waals surface area (Å²) >= 11 is 0. The molecule has 9 heteroatoms. The van der Waals surface area contributed by atoms with Crippen LogP contribution in [0.3, 0.4) is 0 Å². The summed E-state index contributed by atoms with van der Waals surface area (Å²) in [6.07, 6.45) is 2.05. The molecule has 0 bridgehead atoms. The van der Waals surface area contributed by atoms with E-state index in [2.05, 4.69) is 4.98 Å². The van der Waals surface area contributed by atoms with Gasteiger partial charge < -0.3 is 19.3 Å². The van der Waals surface area contributed by atoms with Crippen LogP contribution in [0, 0.1) is 0 Å². The Balaban J connectivity index is 1.61. The van der Waals surface area contributed by atoms with Gasteiger partial charge in [-0.05, 0) is 50.4 Å². The summed E-state index contributed by atoms with van der Waals surface area (Å²) in [6.45, 7) is 2.59. The number of hydrogen-bond donors (Lipinski definition) is 2. The number of ether oxygens (including phenoxy) is 3. The maximum absolute atomic E-state index is 13.2. The lowest BCUT2D eigenvalue weighted by molar-refractivity contribution is 0.170. The minimum absolute atomic E-state index is 0.0880. The van der Waals surface area contributed by atoms with Crippen molar-refractivity contribution in [2.75, 3.05) is 27.5 Å². The van der Waals surface area contributed by atoms with Gasteiger partial charge in [-0.2, -0.15) is 0 Å². The fourth-order valence-corrected chi connectivity index (χ4v) is 5.15. The monoisotopic (exact) mass is 479 g/mol. The summed E-state index contributed by atoms with van der Waals surface area (Å²) in [5, 5.41) is 11.4. The highest BCUT2D eigenvalue weighted by Gasteiger charge is 2.38. The number of hydrogen-bond acceptors (Lipinski definition) is 7. The second kappa shape index (κ2) is 9.14. The summed E-state index contributed by atoms with van der Waals surface area (Å²) in [5.74, 6) is 1.22. The van der Waals surface area contributed by atoms with Gasteiger partial charge in [-0.1, -0.05) is 30.3 Å². The highest BCUT2D eigenvalue weighted by molar-refractivity contribution is 5.63. The molecule has 2 aliphatic heterocycles. The normalized spacial score (nSPS) is 17.7. The lowest BCUT2D eigenvalue weighted by Gasteiger charge is -2.36. The number of aromatic nitrogens is 2. The second-order valence-corrected chi connectivity index (χ2v) is 9.09. The van der Waals surface area contributed by atoms with Crippen molar-refractivity contribution in [2.24, 2.45) is 0 Å². The summed E-state index contributed by atoms with van der Waals surface area (Å²) in [4.78, 5) is 30.4. The van der Waals surface area contributed by atoms with E-state index in [4.69, 9.17) is 14.2 Å². The van der Waals surface area contributed by atoms with E-state index in [0.29, 0.717) is 36.6 Å². The molecule has 2 aliphatic rings. The van der Waals surface area contributed by atoms with Gasteiger partial charge in [-0.15, -0.1) is 0 Å². The van der Waals surface area contributed by atoms with Crippen LogP contribution >= 0.6 is 0 Å². The van der Waals surface area contributed by atoms with E-state index >= 15 is 0 Å². The Labute approximate surface area is 202 Å². The number of nitrogens with zero attached hydrogens (tertiary/aromatic N) is 2. The zero-order valence-corrected chi connectivity index (χ0v) is 20.0. The number of methoxy groups -OCH3 is 1. The lowest BCUT2D eigenvalue weighted by atomic mass is 9.87. The van der Waals surface area contributed by atoms with Gasteiger partial charge in [0.25, 0.3) is 5.56 Å². The van der Waals surface area contributed by atoms with Crippen molar-refractivity contribution in [1.29, 1.82) is 0 Å². The first-order valence-electron chi connectivity index (χ1n) is 11.7. The largest absolute Gasteiger partial charge is 0.494 e. The Hall–Kier alpha value is -3.72. The van der Waals surface area contributed by atoms with Gasteiger partial charge in [0.05, 0.1) is 18.7 Å². The molecular formula is C26H29N3O6. The molecule has 0 aliphatic carbocycles. The quantitative estimate of drug-likeness (QED) is 0.560. The van der Waals surface area contributed by atoms with Crippen molar-refractivity contribution in [2.45, 2.75) is 38.3 Å². The van der Waals surface area contributed by atoms with Crippen LogP contribution in [-0.2, 0) is 12.8 Å². The van der Waals surface area contributed by atoms with Crippen LogP contribution in [-0.4, -0.2) is 47.1 Å². The number of aromatic amines is 1. The van der Waals surface area contributed by atoms with E-state index in [0.717, 1.165) is 23.1 Å². The zero-order chi connectivity index (χ0) is 24.7. The van der Waals surface area contributed by atoms with Crippen molar-refractivity contribution in [3.63, 3.8) is 0 Å². The number of rotatable bonds is 6. The summed E-state index contributed by atoms with van der Waals surface area (Å²) < 4.78 is 18.2. The van der Waals surface area contributed by atoms with Crippen LogP contribution in [0.15, 0.2) is 46.0 Å². The van der Waals surface area contributed by atoms with Crippen LogP contribution in [0.2, 0.25) is 0 Å². The molecule has 0 fully saturated rings. The molecule has 2 aromatic carbocycles. The fraction of sp³-hybridized carbons (Fsp3) is 0.385. The van der Waals surface area contributed by atoms with Crippen LogP contribution < -0.4 is 25.5 Å². The maximum atomic E-state index is 13.2. The number of fused-ring (bicyclic) bond motifs is 2. The van der Waals surface area contributed by atoms with Gasteiger partial charge in [0, 0.05) is 18.2 Å². The number of benzene rings is 2. The Morgan fingerprint density at radius 3 is 2.71 bits per heavy atom. The molecule has 3 aromatic rings. The first-order valence-corrected chi connectivity index (χ1v) is 11.7. The SMILES string of the molecule is COc1c2c(cc3c1[C@@H](c1c(O)n([C@H](C)CCc4ccccc4)c(=O)[nH]c1=O)N(C)CC3)OCO2. The highest BCUT2D eigenvalue weighted by Crippen LogP contribution is 2.51. The fourth-order valence-electron chi connectivity index (χ4n) is 5.15. The van der Waals surface area contributed by atoms with Crippen LogP contribution in [0.5, 0.6) is 23.1 Å². The van der Waals surface area contributed by atoms with Crippen molar-refractivity contribution >= 4 is 0 Å². The van der Waals surface area contributed by atoms with Crippen LogP contribution in [0.1, 0.15) is 47.7 Å². The predicted molar refractivity (Wildman–Crippen MR) is 130 cm³/mol. The number of aromatic hydroxyl groups is 1. The number of aryl methyl sites for hydroxylation is 1. The molecule has 0 unspecified atom stereocenters. The molecule has 35 heavy (non-hydrogen) atoms. The van der Waals surface area contributed by atoms with Crippen molar-refractivity contribution in [3.05, 3.63) is 79.5 Å². The van der Waals surface area contributed by atoms with Gasteiger partial charge in [-0.3, -0.25) is 19.2 Å². The molecule has 5 rings (SSSR count). The smallest absolute Gasteiger partial charge is 0.331 e. The van der Waals surface area contributed by atoms with E-state index in [1.807, 2.05) is 55.3 Å². The minimum atomic E-state index is -0.639. The third-order valence-corrected chi connectivity index (χ3v) is 6.96. The first-order chi connectivity index (χ1) is 16.9. The van der Waals surface area contributed by atoms with Gasteiger partial charge in [0.2, 0.25) is 18.4 Å². The van der Waals surface area contributed by atoms with Crippen molar-refractivity contribution in [3.8, 4) is 23.1 Å². The number of nitrogens with one attached hydrogen (secondary N) is 1. The van der Waals surface area contributed by atoms with Crippen LogP contribution in [0.25, 0.3) is 0 Å². The topological polar surface area (TPSA) is 106 Å². The molecule has 0 saturated heterocycles. The average Bonchev–Trinajstić information content (AvgIpc) is 3.31. The van der Waals surface area contributed by atoms with E-state index < -0.39 is 17.3 Å². The zero-order valence-electron chi connectivity index (χ0n) is 20.0. The van der Waals surface area contributed by atoms with Gasteiger partial charge in [-0.25, -0.2) is 4.79 Å². The molecule has 0 saturated carbocycles. The van der Waals surface area contributed by atoms with E-state index in [1.54, 1.807) is 7.11 Å². The second-order valence-electron chi connectivity index (χ2n) is 9.09. The standard InChI is InChI=1S/C26H29N3O6/c1-15(9-10-16-7-5-4-6-8-16)29-25(31)20(24(30)27-26(29)32)21-19-17(11-12-28(21)2)13-18-22(23(19)33-3)35-14-34-18/h4-8,13,15,21,31H,9-12,14H2,1-3H3,(H,27,30,32)/t15-,21+/m1/s1. The third-order valence-electron chi connectivity index (χ3n) is 6.96. The molecule has 2 N–H and O–H groups in total. The molecule has 0 amide bonds. The van der Waals surface area contributed by atoms with Gasteiger partial charge >= 0.3 is 5.69 Å². The Morgan fingerprint density at radius 1 is 1.20 bits per heavy atom. The molecule has 0 spiro atoms. The molecule has 0 radical (unpaired) electrons. The molecule has 1 aromatic heterocycles. The lowest BCUT2D eigenvalue weighted by Crippen LogP contribution is -2.40. The molecule has 2 atom stereocenters. The summed E-state index contributed by atoms with van der Waals surface area (Å²) in [7, 11) is 3.42. The van der Waals surface area contributed by atoms with Crippen LogP contribution in [0.4, 0.5) is 0 Å². The van der Waals surface area contributed by atoms with E-state index in [9.17, 15) is 14.7 Å². The van der Waals surface area contributed by atoms with E-state index in [-0.39, 0.29) is 24.3 Å². The Bertz CT molecular complexity index is 1360. The van der Waals surface area contributed by atoms with Crippen molar-refractivity contribution in [1.82, 2.24) is 14.5 Å². The molecular weight excluding hydrogens is 450 g/mol. The molecule has 3 heterocycles.